The van der Waals surface area contributed by atoms with Crippen molar-refractivity contribution in [3.8, 4) is 11.1 Å². The fourth-order valence-corrected chi connectivity index (χ4v) is 2.35. The number of nitrogens with one attached hydrogen (secondary N) is 1. The van der Waals surface area contributed by atoms with Crippen molar-refractivity contribution in [2.24, 2.45) is 5.73 Å². The van der Waals surface area contributed by atoms with Crippen LogP contribution >= 0.6 is 0 Å². The number of benzene rings is 1. The van der Waals surface area contributed by atoms with Gasteiger partial charge in [0.05, 0.1) is 0 Å². The summed E-state index contributed by atoms with van der Waals surface area (Å²) in [5, 5.41) is 3.30. The van der Waals surface area contributed by atoms with Crippen LogP contribution in [0.2, 0.25) is 0 Å². The molecule has 0 aliphatic carbocycles. The molecule has 0 radical (unpaired) electrons. The molecule has 3 N–H and O–H groups in total. The highest BCUT2D eigenvalue weighted by molar-refractivity contribution is 5.94. The number of primary amides is 1. The summed E-state index contributed by atoms with van der Waals surface area (Å²) in [5.41, 5.74) is 7.54. The lowest BCUT2D eigenvalue weighted by Crippen LogP contribution is -2.44. The molecule has 1 aliphatic heterocycles. The number of nitrogens with zero attached hydrogens (tertiary/aromatic N) is 3. The molecular formula is C15H17N5O. The van der Waals surface area contributed by atoms with Crippen LogP contribution in [-0.2, 0) is 0 Å². The highest BCUT2D eigenvalue weighted by atomic mass is 16.1. The molecule has 6 heteroatoms. The first kappa shape index (κ1) is 13.5. The van der Waals surface area contributed by atoms with Crippen molar-refractivity contribution < 1.29 is 4.79 Å². The summed E-state index contributed by atoms with van der Waals surface area (Å²) < 4.78 is 0. The quantitative estimate of drug-likeness (QED) is 0.864. The van der Waals surface area contributed by atoms with E-state index in [0.29, 0.717) is 5.56 Å². The molecule has 0 bridgehead atoms. The van der Waals surface area contributed by atoms with E-state index in [0.717, 1.165) is 43.3 Å². The topological polar surface area (TPSA) is 84.1 Å². The molecule has 6 nitrogen and oxygen atoms in total. The molecule has 1 aromatic heterocycles. The molecule has 1 aromatic carbocycles. The Bertz CT molecular complexity index is 635. The molecule has 2 aromatic rings. The molecule has 0 spiro atoms. The second-order valence-corrected chi connectivity index (χ2v) is 4.95. The fourth-order valence-electron chi connectivity index (χ4n) is 2.35. The first-order valence-electron chi connectivity index (χ1n) is 6.92. The fraction of sp³-hybridized carbons (Fsp3) is 0.267. The van der Waals surface area contributed by atoms with E-state index in [2.05, 4.69) is 20.2 Å². The zero-order valence-corrected chi connectivity index (χ0v) is 11.6. The van der Waals surface area contributed by atoms with Crippen LogP contribution in [0.25, 0.3) is 11.1 Å². The molecule has 0 saturated carbocycles. The number of carbonyl (C=O) groups excluding carboxylic acids is 1. The molecule has 1 fully saturated rings. The Hall–Kier alpha value is -2.47. The van der Waals surface area contributed by atoms with Gasteiger partial charge in [-0.3, -0.25) is 4.79 Å². The normalized spacial score (nSPS) is 15.0. The van der Waals surface area contributed by atoms with E-state index < -0.39 is 5.91 Å². The third kappa shape index (κ3) is 3.00. The van der Waals surface area contributed by atoms with Crippen LogP contribution in [-0.4, -0.2) is 42.1 Å². The average Bonchev–Trinajstić information content (AvgIpc) is 2.56. The summed E-state index contributed by atoms with van der Waals surface area (Å²) in [7, 11) is 0. The smallest absolute Gasteiger partial charge is 0.248 e. The Labute approximate surface area is 123 Å². The lowest BCUT2D eigenvalue weighted by atomic mass is 10.1. The lowest BCUT2D eigenvalue weighted by molar-refractivity contribution is 0.100. The van der Waals surface area contributed by atoms with E-state index in [9.17, 15) is 4.79 Å². The summed E-state index contributed by atoms with van der Waals surface area (Å²) in [6, 6.07) is 7.17. The Balaban J connectivity index is 1.83. The summed E-state index contributed by atoms with van der Waals surface area (Å²) in [5.74, 6) is 0.307. The van der Waals surface area contributed by atoms with Gasteiger partial charge in [-0.1, -0.05) is 12.1 Å². The van der Waals surface area contributed by atoms with Crippen LogP contribution in [0.1, 0.15) is 10.4 Å². The van der Waals surface area contributed by atoms with Gasteiger partial charge >= 0.3 is 0 Å². The number of aromatic nitrogens is 2. The minimum Gasteiger partial charge on any atom is -0.366 e. The SMILES string of the molecule is NC(=O)c1cccc(-c2cnc(N3CCNCC3)nc2)c1. The molecule has 1 saturated heterocycles. The molecular weight excluding hydrogens is 266 g/mol. The number of amides is 1. The van der Waals surface area contributed by atoms with Gasteiger partial charge in [-0.2, -0.15) is 0 Å². The number of hydrogen-bond donors (Lipinski definition) is 2. The van der Waals surface area contributed by atoms with Crippen LogP contribution in [0.4, 0.5) is 5.95 Å². The van der Waals surface area contributed by atoms with Gasteiger partial charge in [0.15, 0.2) is 0 Å². The third-order valence-corrected chi connectivity index (χ3v) is 3.52. The standard InChI is InChI=1S/C15H17N5O/c16-14(21)12-3-1-2-11(8-12)13-9-18-15(19-10-13)20-6-4-17-5-7-20/h1-3,8-10,17H,4-7H2,(H2,16,21). The Morgan fingerprint density at radius 1 is 1.14 bits per heavy atom. The van der Waals surface area contributed by atoms with Crippen LogP contribution in [0.15, 0.2) is 36.7 Å². The average molecular weight is 283 g/mol. The predicted molar refractivity (Wildman–Crippen MR) is 81.1 cm³/mol. The van der Waals surface area contributed by atoms with Crippen molar-refractivity contribution >= 4 is 11.9 Å². The van der Waals surface area contributed by atoms with Gasteiger partial charge in [-0.15, -0.1) is 0 Å². The number of nitrogens with two attached hydrogens (primary N) is 1. The molecule has 21 heavy (non-hydrogen) atoms. The van der Waals surface area contributed by atoms with Gasteiger partial charge in [0, 0.05) is 49.7 Å². The van der Waals surface area contributed by atoms with Crippen molar-refractivity contribution in [2.45, 2.75) is 0 Å². The van der Waals surface area contributed by atoms with Gasteiger partial charge in [-0.25, -0.2) is 9.97 Å². The highest BCUT2D eigenvalue weighted by Crippen LogP contribution is 2.20. The van der Waals surface area contributed by atoms with E-state index in [4.69, 9.17) is 5.73 Å². The number of rotatable bonds is 3. The van der Waals surface area contributed by atoms with Crippen LogP contribution in [0.5, 0.6) is 0 Å². The monoisotopic (exact) mass is 283 g/mol. The van der Waals surface area contributed by atoms with Crippen LogP contribution in [0, 0.1) is 0 Å². The molecule has 1 aliphatic rings. The number of carbonyl (C=O) groups is 1. The van der Waals surface area contributed by atoms with E-state index in [-0.39, 0.29) is 0 Å². The molecule has 3 rings (SSSR count). The molecule has 2 heterocycles. The molecule has 108 valence electrons. The predicted octanol–water partition coefficient (Wildman–Crippen LogP) is 0.652. The first-order chi connectivity index (χ1) is 10.2. The third-order valence-electron chi connectivity index (χ3n) is 3.52. The zero-order valence-electron chi connectivity index (χ0n) is 11.6. The van der Waals surface area contributed by atoms with Crippen molar-refractivity contribution in [3.05, 3.63) is 42.2 Å². The first-order valence-corrected chi connectivity index (χ1v) is 6.92. The maximum Gasteiger partial charge on any atom is 0.248 e. The minimum absolute atomic E-state index is 0.435. The minimum atomic E-state index is -0.435. The van der Waals surface area contributed by atoms with Gasteiger partial charge in [0.1, 0.15) is 0 Å². The molecule has 1 amide bonds. The summed E-state index contributed by atoms with van der Waals surface area (Å²) >= 11 is 0. The lowest BCUT2D eigenvalue weighted by Gasteiger charge is -2.27. The number of anilines is 1. The van der Waals surface area contributed by atoms with Crippen LogP contribution < -0.4 is 16.0 Å². The van der Waals surface area contributed by atoms with Crippen molar-refractivity contribution in [3.63, 3.8) is 0 Å². The Morgan fingerprint density at radius 3 is 2.52 bits per heavy atom. The maximum absolute atomic E-state index is 11.2. The molecule has 0 atom stereocenters. The largest absolute Gasteiger partial charge is 0.366 e. The van der Waals surface area contributed by atoms with E-state index in [1.807, 2.05) is 6.07 Å². The second-order valence-electron chi connectivity index (χ2n) is 4.95. The van der Waals surface area contributed by atoms with Gasteiger partial charge in [0.25, 0.3) is 0 Å². The summed E-state index contributed by atoms with van der Waals surface area (Å²) in [6.45, 7) is 3.73. The van der Waals surface area contributed by atoms with Crippen molar-refractivity contribution in [1.82, 2.24) is 15.3 Å². The van der Waals surface area contributed by atoms with Crippen LogP contribution in [0.3, 0.4) is 0 Å². The Morgan fingerprint density at radius 2 is 1.86 bits per heavy atom. The number of piperazine rings is 1. The Kier molecular flexibility index (Phi) is 3.79. The van der Waals surface area contributed by atoms with E-state index in [1.165, 1.54) is 0 Å². The van der Waals surface area contributed by atoms with Crippen molar-refractivity contribution in [2.75, 3.05) is 31.1 Å². The summed E-state index contributed by atoms with van der Waals surface area (Å²) in [4.78, 5) is 22.2. The van der Waals surface area contributed by atoms with E-state index >= 15 is 0 Å². The summed E-state index contributed by atoms with van der Waals surface area (Å²) in [6.07, 6.45) is 3.56. The van der Waals surface area contributed by atoms with Gasteiger partial charge < -0.3 is 16.0 Å². The highest BCUT2D eigenvalue weighted by Gasteiger charge is 2.13. The molecule has 0 unspecified atom stereocenters. The second kappa shape index (κ2) is 5.88. The van der Waals surface area contributed by atoms with Gasteiger partial charge in [0.2, 0.25) is 11.9 Å². The zero-order chi connectivity index (χ0) is 14.7. The number of hydrogen-bond acceptors (Lipinski definition) is 5. The van der Waals surface area contributed by atoms with E-state index in [1.54, 1.807) is 30.6 Å². The van der Waals surface area contributed by atoms with Crippen molar-refractivity contribution in [1.29, 1.82) is 0 Å². The maximum atomic E-state index is 11.2. The van der Waals surface area contributed by atoms with Gasteiger partial charge in [-0.05, 0) is 17.7 Å².